The maximum Gasteiger partial charge on any atom is 0.409 e. The molecular formula is C17H23F2N3O3. The van der Waals surface area contributed by atoms with E-state index in [0.29, 0.717) is 38.5 Å². The van der Waals surface area contributed by atoms with Gasteiger partial charge >= 0.3 is 6.09 Å². The molecule has 0 spiro atoms. The number of carbonyl (C=O) groups is 1. The van der Waals surface area contributed by atoms with Crippen molar-refractivity contribution in [2.45, 2.75) is 6.10 Å². The Balaban J connectivity index is 1.46. The van der Waals surface area contributed by atoms with Gasteiger partial charge in [-0.05, 0) is 19.2 Å². The van der Waals surface area contributed by atoms with E-state index in [1.807, 2.05) is 7.05 Å². The number of likely N-dealkylation sites (N-methyl/N-ethyl adjacent to an activating group) is 1. The first kappa shape index (κ1) is 17.9. The smallest absolute Gasteiger partial charge is 0.409 e. The summed E-state index contributed by atoms with van der Waals surface area (Å²) >= 11 is 0. The van der Waals surface area contributed by atoms with Gasteiger partial charge in [-0.15, -0.1) is 0 Å². The monoisotopic (exact) mass is 355 g/mol. The fourth-order valence-corrected chi connectivity index (χ4v) is 3.09. The number of morpholine rings is 1. The topological polar surface area (TPSA) is 45.3 Å². The molecule has 0 bridgehead atoms. The Hall–Kier alpha value is -1.93. The van der Waals surface area contributed by atoms with Crippen LogP contribution in [0.5, 0.6) is 0 Å². The fourth-order valence-electron chi connectivity index (χ4n) is 3.09. The highest BCUT2D eigenvalue weighted by molar-refractivity contribution is 5.68. The molecule has 2 fully saturated rings. The molecule has 2 aliphatic rings. The number of amides is 1. The van der Waals surface area contributed by atoms with E-state index in [0.717, 1.165) is 19.2 Å². The number of hydrogen-bond donors (Lipinski definition) is 0. The molecule has 25 heavy (non-hydrogen) atoms. The van der Waals surface area contributed by atoms with Crippen molar-refractivity contribution in [3.05, 3.63) is 29.8 Å². The van der Waals surface area contributed by atoms with Gasteiger partial charge in [0.15, 0.2) is 0 Å². The Labute approximate surface area is 145 Å². The zero-order valence-electron chi connectivity index (χ0n) is 14.3. The number of benzene rings is 1. The summed E-state index contributed by atoms with van der Waals surface area (Å²) in [5.41, 5.74) is 0.355. The third-order valence-corrected chi connectivity index (χ3v) is 4.52. The number of hydrogen-bond acceptors (Lipinski definition) is 5. The lowest BCUT2D eigenvalue weighted by Crippen LogP contribution is -2.50. The second-order valence-corrected chi connectivity index (χ2v) is 6.40. The zero-order valence-corrected chi connectivity index (χ0v) is 14.3. The number of anilines is 1. The van der Waals surface area contributed by atoms with Crippen LogP contribution in [0.4, 0.5) is 19.3 Å². The standard InChI is InChI=1S/C17H23F2N3O3/c1-20-8-9-24-14(11-20)12-25-17(23)22-6-4-21(5-7-22)16-3-2-13(18)10-15(16)19/h2-3,10,14H,4-9,11-12H2,1H3/t14-/m0/s1. The molecule has 1 atom stereocenters. The number of rotatable bonds is 3. The molecule has 138 valence electrons. The maximum absolute atomic E-state index is 13.8. The number of ether oxygens (including phenoxy) is 2. The second-order valence-electron chi connectivity index (χ2n) is 6.40. The van der Waals surface area contributed by atoms with E-state index in [1.165, 1.54) is 12.1 Å². The largest absolute Gasteiger partial charge is 0.447 e. The minimum absolute atomic E-state index is 0.0997. The van der Waals surface area contributed by atoms with Crippen molar-refractivity contribution in [3.8, 4) is 0 Å². The first-order valence-electron chi connectivity index (χ1n) is 8.45. The van der Waals surface area contributed by atoms with Crippen LogP contribution in [0, 0.1) is 11.6 Å². The molecule has 3 rings (SSSR count). The molecule has 0 N–H and O–H groups in total. The van der Waals surface area contributed by atoms with Gasteiger partial charge in [0.25, 0.3) is 0 Å². The van der Waals surface area contributed by atoms with Crippen molar-refractivity contribution >= 4 is 11.8 Å². The fraction of sp³-hybridized carbons (Fsp3) is 0.588. The van der Waals surface area contributed by atoms with Crippen molar-refractivity contribution in [1.29, 1.82) is 0 Å². The van der Waals surface area contributed by atoms with E-state index < -0.39 is 11.6 Å². The van der Waals surface area contributed by atoms with E-state index in [1.54, 1.807) is 9.80 Å². The van der Waals surface area contributed by atoms with Crippen LogP contribution in [0.25, 0.3) is 0 Å². The van der Waals surface area contributed by atoms with E-state index in [2.05, 4.69) is 4.90 Å². The third-order valence-electron chi connectivity index (χ3n) is 4.52. The molecule has 0 aromatic heterocycles. The minimum Gasteiger partial charge on any atom is -0.447 e. The third kappa shape index (κ3) is 4.58. The summed E-state index contributed by atoms with van der Waals surface area (Å²) in [6.45, 7) is 4.30. The summed E-state index contributed by atoms with van der Waals surface area (Å²) in [4.78, 5) is 17.7. The quantitative estimate of drug-likeness (QED) is 0.823. The van der Waals surface area contributed by atoms with Crippen LogP contribution >= 0.6 is 0 Å². The zero-order chi connectivity index (χ0) is 17.8. The van der Waals surface area contributed by atoms with Crippen LogP contribution < -0.4 is 4.90 Å². The summed E-state index contributed by atoms with van der Waals surface area (Å²) < 4.78 is 37.8. The molecule has 0 saturated carbocycles. The minimum atomic E-state index is -0.598. The average molecular weight is 355 g/mol. The molecule has 0 radical (unpaired) electrons. The van der Waals surface area contributed by atoms with Crippen LogP contribution in [-0.4, -0.2) is 81.5 Å². The lowest BCUT2D eigenvalue weighted by molar-refractivity contribution is -0.0523. The van der Waals surface area contributed by atoms with Gasteiger partial charge in [0.05, 0.1) is 12.3 Å². The molecule has 0 unspecified atom stereocenters. The van der Waals surface area contributed by atoms with Gasteiger partial charge in [-0.25, -0.2) is 13.6 Å². The first-order valence-corrected chi connectivity index (χ1v) is 8.45. The first-order chi connectivity index (χ1) is 12.0. The van der Waals surface area contributed by atoms with Gasteiger partial charge < -0.3 is 24.2 Å². The Bertz CT molecular complexity index is 609. The Morgan fingerprint density at radius 1 is 1.24 bits per heavy atom. The molecular weight excluding hydrogens is 332 g/mol. The number of carbonyl (C=O) groups excluding carboxylic acids is 1. The number of piperazine rings is 1. The van der Waals surface area contributed by atoms with E-state index in [-0.39, 0.29) is 18.8 Å². The van der Waals surface area contributed by atoms with Crippen molar-refractivity contribution in [3.63, 3.8) is 0 Å². The van der Waals surface area contributed by atoms with Gasteiger partial charge in [0, 0.05) is 45.3 Å². The lowest BCUT2D eigenvalue weighted by Gasteiger charge is -2.36. The highest BCUT2D eigenvalue weighted by Crippen LogP contribution is 2.21. The molecule has 6 nitrogen and oxygen atoms in total. The van der Waals surface area contributed by atoms with E-state index in [4.69, 9.17) is 9.47 Å². The molecule has 2 aliphatic heterocycles. The summed E-state index contributed by atoms with van der Waals surface area (Å²) in [5.74, 6) is -1.19. The predicted molar refractivity (Wildman–Crippen MR) is 88.7 cm³/mol. The van der Waals surface area contributed by atoms with Crippen LogP contribution in [0.3, 0.4) is 0 Å². The molecule has 0 aliphatic carbocycles. The summed E-state index contributed by atoms with van der Waals surface area (Å²) in [7, 11) is 2.01. The van der Waals surface area contributed by atoms with Crippen LogP contribution in [-0.2, 0) is 9.47 Å². The molecule has 1 aromatic carbocycles. The Kier molecular flexibility index (Phi) is 5.70. The van der Waals surface area contributed by atoms with Crippen LogP contribution in [0.15, 0.2) is 18.2 Å². The summed E-state index contributed by atoms with van der Waals surface area (Å²) in [5, 5.41) is 0. The molecule has 2 saturated heterocycles. The molecule has 1 amide bonds. The summed E-state index contributed by atoms with van der Waals surface area (Å²) in [6, 6.07) is 3.53. The normalized spacial score (nSPS) is 22.1. The average Bonchev–Trinajstić information content (AvgIpc) is 2.60. The van der Waals surface area contributed by atoms with Crippen LogP contribution in [0.2, 0.25) is 0 Å². The second kappa shape index (κ2) is 7.97. The molecule has 2 heterocycles. The number of nitrogens with zero attached hydrogens (tertiary/aromatic N) is 3. The SMILES string of the molecule is CN1CCO[C@H](COC(=O)N2CCN(c3ccc(F)cc3F)CC2)C1. The van der Waals surface area contributed by atoms with Crippen molar-refractivity contribution < 1.29 is 23.0 Å². The van der Waals surface area contributed by atoms with Gasteiger partial charge in [-0.1, -0.05) is 0 Å². The van der Waals surface area contributed by atoms with Crippen LogP contribution in [0.1, 0.15) is 0 Å². The van der Waals surface area contributed by atoms with Crippen molar-refractivity contribution in [1.82, 2.24) is 9.80 Å². The maximum atomic E-state index is 13.8. The lowest BCUT2D eigenvalue weighted by atomic mass is 10.2. The number of halogens is 2. The Morgan fingerprint density at radius 3 is 2.68 bits per heavy atom. The molecule has 8 heteroatoms. The molecule has 1 aromatic rings. The van der Waals surface area contributed by atoms with E-state index >= 15 is 0 Å². The predicted octanol–water partition coefficient (Wildman–Crippen LogP) is 1.55. The van der Waals surface area contributed by atoms with Gasteiger partial charge in [0.1, 0.15) is 24.3 Å². The van der Waals surface area contributed by atoms with Crippen molar-refractivity contribution in [2.75, 3.05) is 64.4 Å². The van der Waals surface area contributed by atoms with Gasteiger partial charge in [-0.2, -0.15) is 0 Å². The van der Waals surface area contributed by atoms with Gasteiger partial charge in [-0.3, -0.25) is 0 Å². The van der Waals surface area contributed by atoms with Gasteiger partial charge in [0.2, 0.25) is 0 Å². The van der Waals surface area contributed by atoms with Crippen molar-refractivity contribution in [2.24, 2.45) is 0 Å². The summed E-state index contributed by atoms with van der Waals surface area (Å²) in [6.07, 6.45) is -0.478. The Morgan fingerprint density at radius 2 is 2.00 bits per heavy atom. The highest BCUT2D eigenvalue weighted by Gasteiger charge is 2.25. The highest BCUT2D eigenvalue weighted by atomic mass is 19.1. The van der Waals surface area contributed by atoms with E-state index in [9.17, 15) is 13.6 Å².